The Balaban J connectivity index is 1.90. The molecule has 0 bridgehead atoms. The topological polar surface area (TPSA) is 41.1 Å². The van der Waals surface area contributed by atoms with Gasteiger partial charge in [-0.2, -0.15) is 0 Å². The van der Waals surface area contributed by atoms with Crippen molar-refractivity contribution in [3.63, 3.8) is 0 Å². The van der Waals surface area contributed by atoms with Gasteiger partial charge < -0.3 is 10.6 Å². The number of unbranched alkanes of at least 4 members (excludes halogenated alkanes) is 5. The van der Waals surface area contributed by atoms with E-state index in [-0.39, 0.29) is 5.91 Å². The average Bonchev–Trinajstić information content (AvgIpc) is 2.41. The number of nitrogens with one attached hydrogen (secondary N) is 2. The molecule has 3 nitrogen and oxygen atoms in total. The van der Waals surface area contributed by atoms with Gasteiger partial charge in [0, 0.05) is 19.0 Å². The van der Waals surface area contributed by atoms with Gasteiger partial charge in [-0.1, -0.05) is 45.4 Å². The second-order valence-electron chi connectivity index (χ2n) is 5.47. The van der Waals surface area contributed by atoms with Crippen LogP contribution in [-0.4, -0.2) is 25.0 Å². The van der Waals surface area contributed by atoms with Crippen LogP contribution < -0.4 is 10.6 Å². The zero-order valence-corrected chi connectivity index (χ0v) is 12.0. The summed E-state index contributed by atoms with van der Waals surface area (Å²) in [5.41, 5.74) is 0. The Kier molecular flexibility index (Phi) is 8.92. The maximum Gasteiger partial charge on any atom is 0.220 e. The predicted molar refractivity (Wildman–Crippen MR) is 76.6 cm³/mol. The predicted octanol–water partition coefficient (Wildman–Crippen LogP) is 3.00. The molecule has 1 rings (SSSR count). The van der Waals surface area contributed by atoms with Gasteiger partial charge in [0.15, 0.2) is 0 Å². The third-order valence-corrected chi connectivity index (χ3v) is 3.72. The maximum atomic E-state index is 11.6. The second-order valence-corrected chi connectivity index (χ2v) is 5.47. The van der Waals surface area contributed by atoms with Crippen molar-refractivity contribution in [1.82, 2.24) is 10.6 Å². The molecule has 1 heterocycles. The van der Waals surface area contributed by atoms with E-state index in [1.807, 2.05) is 0 Å². The van der Waals surface area contributed by atoms with Crippen molar-refractivity contribution in [3.8, 4) is 0 Å². The Morgan fingerprint density at radius 1 is 1.17 bits per heavy atom. The molecule has 0 aromatic carbocycles. The van der Waals surface area contributed by atoms with Crippen LogP contribution >= 0.6 is 0 Å². The molecule has 0 aliphatic carbocycles. The standard InChI is InChI=1S/C15H30N2O/c1-2-3-4-5-6-7-11-15(18)17-13-14-10-8-9-12-16-14/h14,16H,2-13H2,1H3,(H,17,18). The van der Waals surface area contributed by atoms with E-state index in [1.165, 1.54) is 51.4 Å². The fourth-order valence-corrected chi connectivity index (χ4v) is 2.49. The van der Waals surface area contributed by atoms with E-state index >= 15 is 0 Å². The second kappa shape index (κ2) is 10.4. The Labute approximate surface area is 112 Å². The van der Waals surface area contributed by atoms with E-state index in [9.17, 15) is 4.79 Å². The van der Waals surface area contributed by atoms with E-state index in [0.717, 1.165) is 19.5 Å². The lowest BCUT2D eigenvalue weighted by Crippen LogP contribution is -2.43. The minimum Gasteiger partial charge on any atom is -0.355 e. The van der Waals surface area contributed by atoms with Gasteiger partial charge in [0.05, 0.1) is 0 Å². The lowest BCUT2D eigenvalue weighted by atomic mass is 10.0. The zero-order valence-electron chi connectivity index (χ0n) is 12.0. The number of piperidine rings is 1. The van der Waals surface area contributed by atoms with E-state index in [1.54, 1.807) is 0 Å². The normalized spacial score (nSPS) is 19.7. The summed E-state index contributed by atoms with van der Waals surface area (Å²) in [6, 6.07) is 0.507. The van der Waals surface area contributed by atoms with Crippen LogP contribution in [0.3, 0.4) is 0 Å². The van der Waals surface area contributed by atoms with Gasteiger partial charge in [-0.25, -0.2) is 0 Å². The van der Waals surface area contributed by atoms with Gasteiger partial charge in [0.25, 0.3) is 0 Å². The summed E-state index contributed by atoms with van der Waals surface area (Å²) >= 11 is 0. The van der Waals surface area contributed by atoms with Crippen LogP contribution in [0.15, 0.2) is 0 Å². The average molecular weight is 254 g/mol. The third kappa shape index (κ3) is 7.70. The summed E-state index contributed by atoms with van der Waals surface area (Å²) in [5, 5.41) is 6.50. The van der Waals surface area contributed by atoms with Gasteiger partial charge in [-0.3, -0.25) is 4.79 Å². The summed E-state index contributed by atoms with van der Waals surface area (Å²) < 4.78 is 0. The lowest BCUT2D eigenvalue weighted by Gasteiger charge is -2.23. The monoisotopic (exact) mass is 254 g/mol. The number of hydrogen-bond acceptors (Lipinski definition) is 2. The summed E-state index contributed by atoms with van der Waals surface area (Å²) in [5.74, 6) is 0.234. The highest BCUT2D eigenvalue weighted by molar-refractivity contribution is 5.75. The van der Waals surface area contributed by atoms with Crippen LogP contribution in [0.4, 0.5) is 0 Å². The molecule has 0 aromatic rings. The van der Waals surface area contributed by atoms with Gasteiger partial charge in [-0.15, -0.1) is 0 Å². The molecular weight excluding hydrogens is 224 g/mol. The first-order valence-electron chi connectivity index (χ1n) is 7.83. The Morgan fingerprint density at radius 3 is 2.67 bits per heavy atom. The van der Waals surface area contributed by atoms with Crippen LogP contribution in [0.25, 0.3) is 0 Å². The minimum atomic E-state index is 0.234. The smallest absolute Gasteiger partial charge is 0.220 e. The SMILES string of the molecule is CCCCCCCCC(=O)NCC1CCCCN1. The molecule has 18 heavy (non-hydrogen) atoms. The molecular formula is C15H30N2O. The quantitative estimate of drug-likeness (QED) is 0.621. The van der Waals surface area contributed by atoms with Crippen LogP contribution in [0.1, 0.15) is 71.1 Å². The van der Waals surface area contributed by atoms with E-state index < -0.39 is 0 Å². The van der Waals surface area contributed by atoms with Gasteiger partial charge in [-0.05, 0) is 25.8 Å². The van der Waals surface area contributed by atoms with Crippen LogP contribution in [0.2, 0.25) is 0 Å². The largest absolute Gasteiger partial charge is 0.355 e. The molecule has 0 spiro atoms. The highest BCUT2D eigenvalue weighted by Gasteiger charge is 2.12. The molecule has 0 saturated carbocycles. The number of amides is 1. The number of carbonyl (C=O) groups excluding carboxylic acids is 1. The molecule has 2 N–H and O–H groups in total. The van der Waals surface area contributed by atoms with Crippen molar-refractivity contribution in [1.29, 1.82) is 0 Å². The van der Waals surface area contributed by atoms with Gasteiger partial charge in [0.2, 0.25) is 5.91 Å². The number of rotatable bonds is 9. The molecule has 1 aliphatic rings. The molecule has 1 amide bonds. The minimum absolute atomic E-state index is 0.234. The summed E-state index contributed by atoms with van der Waals surface area (Å²) in [6.07, 6.45) is 12.0. The Morgan fingerprint density at radius 2 is 1.94 bits per heavy atom. The molecule has 1 unspecified atom stereocenters. The van der Waals surface area contributed by atoms with Crippen molar-refractivity contribution in [2.45, 2.75) is 77.2 Å². The Hall–Kier alpha value is -0.570. The van der Waals surface area contributed by atoms with Crippen LogP contribution in [-0.2, 0) is 4.79 Å². The number of hydrogen-bond donors (Lipinski definition) is 2. The zero-order chi connectivity index (χ0) is 13.1. The summed E-state index contributed by atoms with van der Waals surface area (Å²) in [4.78, 5) is 11.6. The first kappa shape index (κ1) is 15.5. The van der Waals surface area contributed by atoms with Gasteiger partial charge in [0.1, 0.15) is 0 Å². The van der Waals surface area contributed by atoms with Crippen molar-refractivity contribution < 1.29 is 4.79 Å². The highest BCUT2D eigenvalue weighted by Crippen LogP contribution is 2.08. The first-order chi connectivity index (χ1) is 8.83. The van der Waals surface area contributed by atoms with Crippen molar-refractivity contribution in [2.75, 3.05) is 13.1 Å². The Bertz CT molecular complexity index is 213. The molecule has 106 valence electrons. The molecule has 1 atom stereocenters. The molecule has 1 fully saturated rings. The van der Waals surface area contributed by atoms with Crippen LogP contribution in [0.5, 0.6) is 0 Å². The van der Waals surface area contributed by atoms with E-state index in [4.69, 9.17) is 0 Å². The van der Waals surface area contributed by atoms with E-state index in [0.29, 0.717) is 12.5 Å². The summed E-state index contributed by atoms with van der Waals surface area (Å²) in [7, 11) is 0. The van der Waals surface area contributed by atoms with E-state index in [2.05, 4.69) is 17.6 Å². The fourth-order valence-electron chi connectivity index (χ4n) is 2.49. The maximum absolute atomic E-state index is 11.6. The van der Waals surface area contributed by atoms with Gasteiger partial charge >= 0.3 is 0 Å². The molecule has 1 aliphatic heterocycles. The van der Waals surface area contributed by atoms with Crippen molar-refractivity contribution in [2.24, 2.45) is 0 Å². The summed E-state index contributed by atoms with van der Waals surface area (Å²) in [6.45, 7) is 4.15. The third-order valence-electron chi connectivity index (χ3n) is 3.72. The molecule has 0 radical (unpaired) electrons. The fraction of sp³-hybridized carbons (Fsp3) is 0.933. The highest BCUT2D eigenvalue weighted by atomic mass is 16.1. The molecule has 3 heteroatoms. The molecule has 1 saturated heterocycles. The van der Waals surface area contributed by atoms with Crippen LogP contribution in [0, 0.1) is 0 Å². The lowest BCUT2D eigenvalue weighted by molar-refractivity contribution is -0.121. The number of carbonyl (C=O) groups is 1. The van der Waals surface area contributed by atoms with Crippen molar-refractivity contribution in [3.05, 3.63) is 0 Å². The first-order valence-corrected chi connectivity index (χ1v) is 7.83. The molecule has 0 aromatic heterocycles. The van der Waals surface area contributed by atoms with Crippen molar-refractivity contribution >= 4 is 5.91 Å².